The Morgan fingerprint density at radius 1 is 0.897 bits per heavy atom. The summed E-state index contributed by atoms with van der Waals surface area (Å²) in [6, 6.07) is 18.2. The van der Waals surface area contributed by atoms with Crippen molar-refractivity contribution in [2.75, 3.05) is 12.0 Å². The Bertz CT molecular complexity index is 972. The monoisotopic (exact) mass is 448 g/mol. The predicted octanol–water partition coefficient (Wildman–Crippen LogP) is 7.07. The summed E-state index contributed by atoms with van der Waals surface area (Å²) >= 11 is 18.3. The summed E-state index contributed by atoms with van der Waals surface area (Å²) in [5, 5.41) is 6.04. The second kappa shape index (κ2) is 10.4. The van der Waals surface area contributed by atoms with E-state index in [0.29, 0.717) is 33.2 Å². The standard InChI is InChI=1S/C22H19Cl3N2O2/c1-2-28-22-12-15(13-26-27-17-9-7-16(23)8-10-17)6-11-21(22)29-14-18-19(24)4-3-5-20(18)25/h3-13,27H,2,14H2,1H3/b26-13+. The number of hydrogen-bond acceptors (Lipinski definition) is 4. The molecule has 0 aliphatic carbocycles. The number of ether oxygens (including phenoxy) is 2. The van der Waals surface area contributed by atoms with Gasteiger partial charge in [-0.05, 0) is 67.1 Å². The van der Waals surface area contributed by atoms with Gasteiger partial charge in [-0.3, -0.25) is 5.43 Å². The van der Waals surface area contributed by atoms with Crippen LogP contribution in [0.2, 0.25) is 15.1 Å². The van der Waals surface area contributed by atoms with Crippen molar-refractivity contribution in [1.82, 2.24) is 0 Å². The van der Waals surface area contributed by atoms with E-state index in [2.05, 4.69) is 10.5 Å². The van der Waals surface area contributed by atoms with Crippen LogP contribution in [0.25, 0.3) is 0 Å². The molecule has 7 heteroatoms. The summed E-state index contributed by atoms with van der Waals surface area (Å²) in [5.74, 6) is 1.22. The first-order valence-electron chi connectivity index (χ1n) is 8.94. The quantitative estimate of drug-likeness (QED) is 0.295. The van der Waals surface area contributed by atoms with Gasteiger partial charge in [-0.1, -0.05) is 40.9 Å². The molecule has 0 aromatic heterocycles. The van der Waals surface area contributed by atoms with Gasteiger partial charge < -0.3 is 9.47 Å². The van der Waals surface area contributed by atoms with Crippen molar-refractivity contribution in [1.29, 1.82) is 0 Å². The summed E-state index contributed by atoms with van der Waals surface area (Å²) < 4.78 is 11.6. The molecule has 0 spiro atoms. The second-order valence-corrected chi connectivity index (χ2v) is 7.26. The smallest absolute Gasteiger partial charge is 0.161 e. The molecule has 0 bridgehead atoms. The highest BCUT2D eigenvalue weighted by Crippen LogP contribution is 2.31. The van der Waals surface area contributed by atoms with Crippen molar-refractivity contribution in [3.63, 3.8) is 0 Å². The average molecular weight is 450 g/mol. The summed E-state index contributed by atoms with van der Waals surface area (Å²) in [6.07, 6.45) is 1.70. The lowest BCUT2D eigenvalue weighted by Gasteiger charge is -2.14. The molecule has 0 aliphatic rings. The second-order valence-electron chi connectivity index (χ2n) is 6.00. The van der Waals surface area contributed by atoms with Gasteiger partial charge in [-0.15, -0.1) is 0 Å². The normalized spacial score (nSPS) is 10.9. The molecule has 0 unspecified atom stereocenters. The van der Waals surface area contributed by atoms with E-state index in [1.54, 1.807) is 36.5 Å². The fourth-order valence-electron chi connectivity index (χ4n) is 2.52. The topological polar surface area (TPSA) is 42.8 Å². The Kier molecular flexibility index (Phi) is 7.64. The highest BCUT2D eigenvalue weighted by atomic mass is 35.5. The molecular formula is C22H19Cl3N2O2. The molecule has 0 saturated heterocycles. The fraction of sp³-hybridized carbons (Fsp3) is 0.136. The van der Waals surface area contributed by atoms with E-state index in [1.807, 2.05) is 37.3 Å². The zero-order valence-corrected chi connectivity index (χ0v) is 17.9. The molecule has 29 heavy (non-hydrogen) atoms. The molecular weight excluding hydrogens is 431 g/mol. The first-order chi connectivity index (χ1) is 14.1. The minimum atomic E-state index is 0.240. The van der Waals surface area contributed by atoms with Crippen LogP contribution in [-0.4, -0.2) is 12.8 Å². The number of benzene rings is 3. The Balaban J connectivity index is 1.70. The molecule has 0 radical (unpaired) electrons. The Morgan fingerprint density at radius 2 is 1.62 bits per heavy atom. The van der Waals surface area contributed by atoms with Gasteiger partial charge in [0.2, 0.25) is 0 Å². The molecule has 3 rings (SSSR count). The molecule has 150 valence electrons. The molecule has 0 amide bonds. The molecule has 1 N–H and O–H groups in total. The fourth-order valence-corrected chi connectivity index (χ4v) is 3.15. The number of rotatable bonds is 8. The molecule has 3 aromatic carbocycles. The van der Waals surface area contributed by atoms with Crippen molar-refractivity contribution < 1.29 is 9.47 Å². The van der Waals surface area contributed by atoms with E-state index < -0.39 is 0 Å². The molecule has 0 fully saturated rings. The molecule has 0 saturated carbocycles. The third-order valence-electron chi connectivity index (χ3n) is 3.95. The van der Waals surface area contributed by atoms with E-state index in [9.17, 15) is 0 Å². The van der Waals surface area contributed by atoms with Crippen molar-refractivity contribution in [3.05, 3.63) is 86.9 Å². The van der Waals surface area contributed by atoms with Crippen LogP contribution in [0, 0.1) is 0 Å². The first kappa shape index (κ1) is 21.3. The zero-order valence-electron chi connectivity index (χ0n) is 15.7. The van der Waals surface area contributed by atoms with Crippen LogP contribution in [0.5, 0.6) is 11.5 Å². The van der Waals surface area contributed by atoms with E-state index in [0.717, 1.165) is 16.8 Å². The molecule has 0 atom stereocenters. The Labute approximate surface area is 185 Å². The van der Waals surface area contributed by atoms with Gasteiger partial charge in [0.05, 0.1) is 18.5 Å². The number of anilines is 1. The van der Waals surface area contributed by atoms with Gasteiger partial charge in [0, 0.05) is 20.6 Å². The van der Waals surface area contributed by atoms with Gasteiger partial charge in [-0.25, -0.2) is 0 Å². The van der Waals surface area contributed by atoms with E-state index in [4.69, 9.17) is 44.3 Å². The highest BCUT2D eigenvalue weighted by molar-refractivity contribution is 6.36. The number of nitrogens with zero attached hydrogens (tertiary/aromatic N) is 1. The van der Waals surface area contributed by atoms with Gasteiger partial charge in [-0.2, -0.15) is 5.10 Å². The third kappa shape index (κ3) is 6.04. The van der Waals surface area contributed by atoms with Gasteiger partial charge in [0.1, 0.15) is 6.61 Å². The third-order valence-corrected chi connectivity index (χ3v) is 4.91. The molecule has 0 heterocycles. The maximum Gasteiger partial charge on any atom is 0.161 e. The predicted molar refractivity (Wildman–Crippen MR) is 121 cm³/mol. The van der Waals surface area contributed by atoms with E-state index in [1.165, 1.54) is 0 Å². The highest BCUT2D eigenvalue weighted by Gasteiger charge is 2.10. The van der Waals surface area contributed by atoms with Crippen LogP contribution < -0.4 is 14.9 Å². The minimum Gasteiger partial charge on any atom is -0.490 e. The van der Waals surface area contributed by atoms with Crippen LogP contribution in [0.4, 0.5) is 5.69 Å². The van der Waals surface area contributed by atoms with Crippen LogP contribution in [-0.2, 0) is 6.61 Å². The maximum absolute atomic E-state index is 6.21. The first-order valence-corrected chi connectivity index (χ1v) is 10.1. The van der Waals surface area contributed by atoms with Crippen LogP contribution in [0.15, 0.2) is 65.8 Å². The van der Waals surface area contributed by atoms with Crippen LogP contribution in [0.3, 0.4) is 0 Å². The Hall–Kier alpha value is -2.40. The average Bonchev–Trinajstić information content (AvgIpc) is 2.71. The van der Waals surface area contributed by atoms with Crippen molar-refractivity contribution in [2.24, 2.45) is 5.10 Å². The van der Waals surface area contributed by atoms with Gasteiger partial charge in [0.15, 0.2) is 11.5 Å². The van der Waals surface area contributed by atoms with Crippen molar-refractivity contribution in [3.8, 4) is 11.5 Å². The molecule has 0 aliphatic heterocycles. The minimum absolute atomic E-state index is 0.240. The van der Waals surface area contributed by atoms with Crippen molar-refractivity contribution >= 4 is 46.7 Å². The maximum atomic E-state index is 6.21. The number of nitrogens with one attached hydrogen (secondary N) is 1. The number of hydrogen-bond donors (Lipinski definition) is 1. The van der Waals surface area contributed by atoms with E-state index in [-0.39, 0.29) is 6.61 Å². The lowest BCUT2D eigenvalue weighted by molar-refractivity contribution is 0.269. The van der Waals surface area contributed by atoms with E-state index >= 15 is 0 Å². The largest absolute Gasteiger partial charge is 0.490 e. The zero-order chi connectivity index (χ0) is 20.6. The molecule has 3 aromatic rings. The van der Waals surface area contributed by atoms with Crippen LogP contribution >= 0.6 is 34.8 Å². The van der Waals surface area contributed by atoms with Gasteiger partial charge >= 0.3 is 0 Å². The summed E-state index contributed by atoms with van der Waals surface area (Å²) in [6.45, 7) is 2.66. The van der Waals surface area contributed by atoms with Crippen LogP contribution in [0.1, 0.15) is 18.1 Å². The number of halogens is 3. The van der Waals surface area contributed by atoms with Crippen molar-refractivity contribution in [2.45, 2.75) is 13.5 Å². The van der Waals surface area contributed by atoms with Gasteiger partial charge in [0.25, 0.3) is 0 Å². The Morgan fingerprint density at radius 3 is 2.31 bits per heavy atom. The number of hydrazone groups is 1. The molecule has 4 nitrogen and oxygen atoms in total. The lowest BCUT2D eigenvalue weighted by Crippen LogP contribution is -2.01. The summed E-state index contributed by atoms with van der Waals surface area (Å²) in [7, 11) is 0. The SMILES string of the molecule is CCOc1cc(/C=N/Nc2ccc(Cl)cc2)ccc1OCc1c(Cl)cccc1Cl. The summed E-state index contributed by atoms with van der Waals surface area (Å²) in [4.78, 5) is 0. The lowest BCUT2D eigenvalue weighted by atomic mass is 10.2. The summed E-state index contributed by atoms with van der Waals surface area (Å²) in [5.41, 5.74) is 5.39.